The van der Waals surface area contributed by atoms with Crippen molar-refractivity contribution in [1.82, 2.24) is 0 Å². The van der Waals surface area contributed by atoms with Crippen LogP contribution >= 0.6 is 0 Å². The van der Waals surface area contributed by atoms with Gasteiger partial charge < -0.3 is 4.90 Å². The molecular formula is C19H23N. The van der Waals surface area contributed by atoms with Crippen molar-refractivity contribution in [2.45, 2.75) is 33.2 Å². The van der Waals surface area contributed by atoms with Gasteiger partial charge in [0.1, 0.15) is 0 Å². The van der Waals surface area contributed by atoms with Crippen LogP contribution in [0.1, 0.15) is 37.4 Å². The van der Waals surface area contributed by atoms with Crippen LogP contribution in [0.4, 0.5) is 5.69 Å². The molecule has 3 rings (SSSR count). The summed E-state index contributed by atoms with van der Waals surface area (Å²) in [6.45, 7) is 8.01. The molecule has 2 aromatic carbocycles. The summed E-state index contributed by atoms with van der Waals surface area (Å²) in [5.74, 6) is 0. The van der Waals surface area contributed by atoms with Crippen LogP contribution in [0.25, 0.3) is 0 Å². The van der Waals surface area contributed by atoms with Crippen LogP contribution in [0.5, 0.6) is 0 Å². The van der Waals surface area contributed by atoms with Gasteiger partial charge in [-0.3, -0.25) is 0 Å². The van der Waals surface area contributed by atoms with Crippen LogP contribution in [-0.4, -0.2) is 6.54 Å². The standard InChI is InChI=1S/C19H23N/c1-15-9-11-17(12-10-15)20-14-19(2,3)13-18(20)16-7-5-4-6-8-16/h4-12,18H,13-14H2,1-3H3. The Morgan fingerprint density at radius 3 is 2.25 bits per heavy atom. The second kappa shape index (κ2) is 4.97. The van der Waals surface area contributed by atoms with E-state index in [9.17, 15) is 0 Å². The molecule has 0 aliphatic carbocycles. The number of aryl methyl sites for hydroxylation is 1. The highest BCUT2D eigenvalue weighted by atomic mass is 15.2. The minimum atomic E-state index is 0.366. The van der Waals surface area contributed by atoms with E-state index in [4.69, 9.17) is 0 Å². The predicted octanol–water partition coefficient (Wildman–Crippen LogP) is 4.97. The molecule has 0 radical (unpaired) electrons. The Hall–Kier alpha value is -1.76. The van der Waals surface area contributed by atoms with Gasteiger partial charge in [0, 0.05) is 12.2 Å². The maximum Gasteiger partial charge on any atom is 0.0548 e. The average molecular weight is 265 g/mol. The maximum absolute atomic E-state index is 2.56. The average Bonchev–Trinajstić information content (AvgIpc) is 2.77. The maximum atomic E-state index is 2.56. The lowest BCUT2D eigenvalue weighted by Gasteiger charge is -2.27. The number of rotatable bonds is 2. The minimum absolute atomic E-state index is 0.366. The van der Waals surface area contributed by atoms with Crippen LogP contribution in [0.3, 0.4) is 0 Å². The summed E-state index contributed by atoms with van der Waals surface area (Å²) in [5, 5.41) is 0. The summed E-state index contributed by atoms with van der Waals surface area (Å²) < 4.78 is 0. The highest BCUT2D eigenvalue weighted by molar-refractivity contribution is 5.51. The van der Waals surface area contributed by atoms with Gasteiger partial charge in [-0.15, -0.1) is 0 Å². The Morgan fingerprint density at radius 1 is 0.950 bits per heavy atom. The fourth-order valence-electron chi connectivity index (χ4n) is 3.25. The Kier molecular flexibility index (Phi) is 3.29. The molecule has 0 spiro atoms. The third-order valence-electron chi connectivity index (χ3n) is 4.27. The van der Waals surface area contributed by atoms with Crippen molar-refractivity contribution in [3.05, 3.63) is 65.7 Å². The largest absolute Gasteiger partial charge is 0.364 e. The van der Waals surface area contributed by atoms with Gasteiger partial charge in [-0.2, -0.15) is 0 Å². The molecule has 1 saturated heterocycles. The molecule has 1 aliphatic heterocycles. The number of benzene rings is 2. The van der Waals surface area contributed by atoms with E-state index in [0.29, 0.717) is 11.5 Å². The molecule has 0 amide bonds. The minimum Gasteiger partial charge on any atom is -0.364 e. The lowest BCUT2D eigenvalue weighted by molar-refractivity contribution is 0.404. The van der Waals surface area contributed by atoms with E-state index in [1.807, 2.05) is 0 Å². The van der Waals surface area contributed by atoms with Crippen molar-refractivity contribution in [2.75, 3.05) is 11.4 Å². The molecule has 20 heavy (non-hydrogen) atoms. The molecule has 1 heterocycles. The van der Waals surface area contributed by atoms with Crippen molar-refractivity contribution in [1.29, 1.82) is 0 Å². The Labute approximate surface area is 122 Å². The zero-order chi connectivity index (χ0) is 14.2. The van der Waals surface area contributed by atoms with Gasteiger partial charge in [0.05, 0.1) is 6.04 Å². The first-order valence-corrected chi connectivity index (χ1v) is 7.43. The Bertz CT molecular complexity index is 568. The highest BCUT2D eigenvalue weighted by Gasteiger charge is 2.38. The quantitative estimate of drug-likeness (QED) is 0.740. The normalized spacial score (nSPS) is 21.1. The number of anilines is 1. The van der Waals surface area contributed by atoms with Crippen LogP contribution in [0.15, 0.2) is 54.6 Å². The van der Waals surface area contributed by atoms with E-state index in [0.717, 1.165) is 6.54 Å². The van der Waals surface area contributed by atoms with Crippen molar-refractivity contribution < 1.29 is 0 Å². The molecule has 0 saturated carbocycles. The molecule has 1 aliphatic rings. The summed E-state index contributed by atoms with van der Waals surface area (Å²) in [5.41, 5.74) is 4.46. The zero-order valence-corrected chi connectivity index (χ0v) is 12.6. The molecule has 1 heteroatoms. The summed E-state index contributed by atoms with van der Waals surface area (Å²) in [7, 11) is 0. The van der Waals surface area contributed by atoms with Crippen LogP contribution in [-0.2, 0) is 0 Å². The van der Waals surface area contributed by atoms with E-state index < -0.39 is 0 Å². The molecule has 1 unspecified atom stereocenters. The summed E-state index contributed by atoms with van der Waals surface area (Å²) in [4.78, 5) is 2.56. The number of hydrogen-bond donors (Lipinski definition) is 0. The fourth-order valence-corrected chi connectivity index (χ4v) is 3.25. The van der Waals surface area contributed by atoms with Crippen molar-refractivity contribution >= 4 is 5.69 Å². The molecule has 1 nitrogen and oxygen atoms in total. The molecule has 1 atom stereocenters. The summed E-state index contributed by atoms with van der Waals surface area (Å²) >= 11 is 0. The Morgan fingerprint density at radius 2 is 1.60 bits per heavy atom. The third kappa shape index (κ3) is 2.58. The van der Waals surface area contributed by atoms with Gasteiger partial charge in [0.2, 0.25) is 0 Å². The first kappa shape index (κ1) is 13.2. The molecule has 0 bridgehead atoms. The number of hydrogen-bond acceptors (Lipinski definition) is 1. The van der Waals surface area contributed by atoms with Crippen LogP contribution in [0, 0.1) is 12.3 Å². The van der Waals surface area contributed by atoms with Crippen molar-refractivity contribution in [2.24, 2.45) is 5.41 Å². The molecule has 1 fully saturated rings. The second-order valence-electron chi connectivity index (χ2n) is 6.76. The third-order valence-corrected chi connectivity index (χ3v) is 4.27. The number of nitrogens with zero attached hydrogens (tertiary/aromatic N) is 1. The first-order chi connectivity index (χ1) is 9.55. The van der Waals surface area contributed by atoms with Crippen molar-refractivity contribution in [3.8, 4) is 0 Å². The molecule has 0 aromatic heterocycles. The summed E-state index contributed by atoms with van der Waals surface area (Å²) in [6.07, 6.45) is 1.21. The van der Waals surface area contributed by atoms with Gasteiger partial charge in [0.25, 0.3) is 0 Å². The van der Waals surface area contributed by atoms with E-state index in [2.05, 4.69) is 80.3 Å². The van der Waals surface area contributed by atoms with E-state index >= 15 is 0 Å². The van der Waals surface area contributed by atoms with Gasteiger partial charge in [-0.1, -0.05) is 61.9 Å². The molecule has 0 N–H and O–H groups in total. The van der Waals surface area contributed by atoms with E-state index in [-0.39, 0.29) is 0 Å². The summed E-state index contributed by atoms with van der Waals surface area (Å²) in [6, 6.07) is 20.3. The molecule has 104 valence electrons. The Balaban J connectivity index is 1.96. The van der Waals surface area contributed by atoms with Gasteiger partial charge >= 0.3 is 0 Å². The monoisotopic (exact) mass is 265 g/mol. The van der Waals surface area contributed by atoms with Crippen LogP contribution in [0.2, 0.25) is 0 Å². The zero-order valence-electron chi connectivity index (χ0n) is 12.6. The van der Waals surface area contributed by atoms with Crippen molar-refractivity contribution in [3.63, 3.8) is 0 Å². The molecular weight excluding hydrogens is 242 g/mol. The first-order valence-electron chi connectivity index (χ1n) is 7.43. The van der Waals surface area contributed by atoms with E-state index in [1.165, 1.54) is 23.2 Å². The van der Waals surface area contributed by atoms with Gasteiger partial charge in [0.15, 0.2) is 0 Å². The molecule has 2 aromatic rings. The van der Waals surface area contributed by atoms with Gasteiger partial charge in [-0.25, -0.2) is 0 Å². The lowest BCUT2D eigenvalue weighted by atomic mass is 9.89. The van der Waals surface area contributed by atoms with E-state index in [1.54, 1.807) is 0 Å². The predicted molar refractivity (Wildman–Crippen MR) is 86.1 cm³/mol. The van der Waals surface area contributed by atoms with Gasteiger partial charge in [-0.05, 0) is 36.5 Å². The second-order valence-corrected chi connectivity index (χ2v) is 6.76. The van der Waals surface area contributed by atoms with Crippen LogP contribution < -0.4 is 4.90 Å². The SMILES string of the molecule is Cc1ccc(N2CC(C)(C)CC2c2ccccc2)cc1. The fraction of sp³-hybridized carbons (Fsp3) is 0.368. The highest BCUT2D eigenvalue weighted by Crippen LogP contribution is 2.44. The lowest BCUT2D eigenvalue weighted by Crippen LogP contribution is -2.24. The smallest absolute Gasteiger partial charge is 0.0548 e. The topological polar surface area (TPSA) is 3.24 Å².